The normalized spacial score (nSPS) is 33.2. The third-order valence-electron chi connectivity index (χ3n) is 7.13. The van der Waals surface area contributed by atoms with Crippen LogP contribution in [0.2, 0.25) is 0 Å². The van der Waals surface area contributed by atoms with E-state index in [-0.39, 0.29) is 23.7 Å². The third-order valence-corrected chi connectivity index (χ3v) is 7.13. The molecule has 1 aromatic carbocycles. The van der Waals surface area contributed by atoms with Crippen LogP contribution in [-0.4, -0.2) is 50.7 Å². The van der Waals surface area contributed by atoms with Crippen LogP contribution in [0.3, 0.4) is 0 Å². The molecular weight excluding hydrogens is 360 g/mol. The van der Waals surface area contributed by atoms with Crippen LogP contribution in [0.15, 0.2) is 12.1 Å². The van der Waals surface area contributed by atoms with E-state index in [9.17, 15) is 9.59 Å². The van der Waals surface area contributed by atoms with Gasteiger partial charge in [0.15, 0.2) is 11.5 Å². The fraction of sp³-hybridized carbons (Fsp3) is 0.619. The number of methoxy groups -OCH3 is 3. The fourth-order valence-corrected chi connectivity index (χ4v) is 6.06. The molecule has 152 valence electrons. The van der Waals surface area contributed by atoms with E-state index >= 15 is 0 Å². The van der Waals surface area contributed by atoms with E-state index in [1.165, 1.54) is 7.11 Å². The highest BCUT2D eigenvalue weighted by Gasteiger charge is 2.66. The zero-order chi connectivity index (χ0) is 20.2. The van der Waals surface area contributed by atoms with Gasteiger partial charge in [0.05, 0.1) is 26.9 Å². The molecule has 4 rings (SSSR count). The van der Waals surface area contributed by atoms with Crippen molar-refractivity contribution in [3.63, 3.8) is 0 Å². The van der Waals surface area contributed by atoms with E-state index in [0.29, 0.717) is 36.8 Å². The molecule has 7 nitrogen and oxygen atoms in total. The average molecular weight is 388 g/mol. The topological polar surface area (TPSA) is 91.1 Å². The molecule has 1 spiro atoms. The average Bonchev–Trinajstić information content (AvgIpc) is 3.13. The van der Waals surface area contributed by atoms with Crippen molar-refractivity contribution in [1.29, 1.82) is 0 Å². The lowest BCUT2D eigenvalue weighted by molar-refractivity contribution is -0.156. The highest BCUT2D eigenvalue weighted by Crippen LogP contribution is 2.62. The van der Waals surface area contributed by atoms with Gasteiger partial charge in [-0.2, -0.15) is 0 Å². The number of hydrogen-bond acceptors (Lipinski definition) is 6. The Labute approximate surface area is 165 Å². The minimum absolute atomic E-state index is 0.00573. The van der Waals surface area contributed by atoms with E-state index in [0.717, 1.165) is 17.5 Å². The molecule has 0 unspecified atom stereocenters. The van der Waals surface area contributed by atoms with Crippen molar-refractivity contribution < 1.29 is 23.8 Å². The van der Waals surface area contributed by atoms with Crippen LogP contribution >= 0.6 is 0 Å². The summed E-state index contributed by atoms with van der Waals surface area (Å²) in [4.78, 5) is 27.6. The summed E-state index contributed by atoms with van der Waals surface area (Å²) in [7, 11) is 4.58. The number of amides is 1. The molecule has 0 bridgehead atoms. The molecule has 7 heteroatoms. The van der Waals surface area contributed by atoms with Crippen LogP contribution in [0, 0.1) is 17.8 Å². The van der Waals surface area contributed by atoms with E-state index < -0.39 is 11.6 Å². The molecule has 1 aromatic rings. The molecule has 1 aliphatic carbocycles. The van der Waals surface area contributed by atoms with Crippen molar-refractivity contribution in [2.75, 3.05) is 27.9 Å². The molecule has 1 amide bonds. The number of rotatable bonds is 4. The van der Waals surface area contributed by atoms with Crippen molar-refractivity contribution in [2.45, 2.75) is 37.8 Å². The van der Waals surface area contributed by atoms with Crippen molar-refractivity contribution in [3.05, 3.63) is 23.3 Å². The molecule has 1 saturated heterocycles. The first kappa shape index (κ1) is 19.1. The van der Waals surface area contributed by atoms with Crippen LogP contribution < -0.4 is 15.2 Å². The number of carbonyl (C=O) groups is 2. The van der Waals surface area contributed by atoms with Gasteiger partial charge in [-0.1, -0.05) is 6.92 Å². The molecule has 2 aliphatic heterocycles. The summed E-state index contributed by atoms with van der Waals surface area (Å²) in [6.45, 7) is 2.72. The maximum absolute atomic E-state index is 13.1. The lowest BCUT2D eigenvalue weighted by atomic mass is 9.72. The number of fused-ring (bicyclic) bond motifs is 1. The Bertz CT molecular complexity index is 825. The molecule has 3 aliphatic rings. The smallest absolute Gasteiger partial charge is 0.328 e. The zero-order valence-corrected chi connectivity index (χ0v) is 16.9. The van der Waals surface area contributed by atoms with E-state index in [2.05, 4.69) is 6.92 Å². The summed E-state index contributed by atoms with van der Waals surface area (Å²) in [5.74, 6) is 1.54. The fourth-order valence-electron chi connectivity index (χ4n) is 6.06. The minimum Gasteiger partial charge on any atom is -0.493 e. The SMILES string of the molecule is COC(=O)[C@@H]1Cc2cc(OC)c(OC)cc2[C@@]23C[C@H](C)[C@@H](CN)[C@@H]2CC(=O)N13. The Morgan fingerprint density at radius 2 is 1.89 bits per heavy atom. The number of esters is 1. The highest BCUT2D eigenvalue weighted by atomic mass is 16.5. The molecule has 5 atom stereocenters. The molecule has 2 fully saturated rings. The number of nitrogens with two attached hydrogens (primary N) is 1. The molecule has 2 N–H and O–H groups in total. The zero-order valence-electron chi connectivity index (χ0n) is 16.9. The second kappa shape index (κ2) is 6.65. The van der Waals surface area contributed by atoms with Gasteiger partial charge >= 0.3 is 5.97 Å². The molecule has 0 aromatic heterocycles. The maximum Gasteiger partial charge on any atom is 0.328 e. The Morgan fingerprint density at radius 3 is 2.50 bits per heavy atom. The van der Waals surface area contributed by atoms with E-state index in [4.69, 9.17) is 19.9 Å². The van der Waals surface area contributed by atoms with Crippen LogP contribution in [0.1, 0.15) is 30.9 Å². The molecule has 2 heterocycles. The van der Waals surface area contributed by atoms with Gasteiger partial charge in [-0.25, -0.2) is 4.79 Å². The van der Waals surface area contributed by atoms with Crippen molar-refractivity contribution in [3.8, 4) is 11.5 Å². The number of hydrogen-bond donors (Lipinski definition) is 1. The second-order valence-electron chi connectivity index (χ2n) is 8.19. The number of ether oxygens (including phenoxy) is 3. The van der Waals surface area contributed by atoms with Gasteiger partial charge in [0, 0.05) is 12.8 Å². The lowest BCUT2D eigenvalue weighted by Crippen LogP contribution is -2.57. The first-order valence-corrected chi connectivity index (χ1v) is 9.78. The van der Waals surface area contributed by atoms with Crippen LogP contribution in [-0.2, 0) is 26.3 Å². The summed E-state index contributed by atoms with van der Waals surface area (Å²) in [5, 5.41) is 0. The van der Waals surface area contributed by atoms with Gasteiger partial charge < -0.3 is 24.8 Å². The van der Waals surface area contributed by atoms with Crippen molar-refractivity contribution in [1.82, 2.24) is 4.90 Å². The highest BCUT2D eigenvalue weighted by molar-refractivity contribution is 5.89. The Balaban J connectivity index is 1.97. The van der Waals surface area contributed by atoms with Crippen LogP contribution in [0.4, 0.5) is 0 Å². The summed E-state index contributed by atoms with van der Waals surface area (Å²) >= 11 is 0. The first-order valence-electron chi connectivity index (χ1n) is 9.78. The molecule has 1 saturated carbocycles. The Kier molecular flexibility index (Phi) is 4.53. The van der Waals surface area contributed by atoms with E-state index in [1.54, 1.807) is 14.2 Å². The van der Waals surface area contributed by atoms with Gasteiger partial charge in [-0.3, -0.25) is 4.79 Å². The number of carbonyl (C=O) groups excluding carboxylic acids is 2. The van der Waals surface area contributed by atoms with Gasteiger partial charge in [0.1, 0.15) is 6.04 Å². The van der Waals surface area contributed by atoms with E-state index in [1.807, 2.05) is 17.0 Å². The predicted molar refractivity (Wildman–Crippen MR) is 102 cm³/mol. The van der Waals surface area contributed by atoms with Gasteiger partial charge in [-0.05, 0) is 54.0 Å². The van der Waals surface area contributed by atoms with Crippen LogP contribution in [0.25, 0.3) is 0 Å². The largest absolute Gasteiger partial charge is 0.493 e. The summed E-state index contributed by atoms with van der Waals surface area (Å²) in [5.41, 5.74) is 7.64. The Hall–Kier alpha value is -2.28. The number of benzene rings is 1. The van der Waals surface area contributed by atoms with Gasteiger partial charge in [0.25, 0.3) is 0 Å². The first-order chi connectivity index (χ1) is 13.4. The van der Waals surface area contributed by atoms with Crippen LogP contribution in [0.5, 0.6) is 11.5 Å². The summed E-state index contributed by atoms with van der Waals surface area (Å²) in [6, 6.07) is 3.30. The minimum atomic E-state index is -0.628. The molecular formula is C21H28N2O5. The number of nitrogens with zero attached hydrogens (tertiary/aromatic N) is 1. The quantitative estimate of drug-likeness (QED) is 0.786. The maximum atomic E-state index is 13.1. The van der Waals surface area contributed by atoms with Crippen molar-refractivity contribution in [2.24, 2.45) is 23.5 Å². The van der Waals surface area contributed by atoms with Crippen molar-refractivity contribution >= 4 is 11.9 Å². The lowest BCUT2D eigenvalue weighted by Gasteiger charge is -2.48. The predicted octanol–water partition coefficient (Wildman–Crippen LogP) is 1.46. The van der Waals surface area contributed by atoms with Gasteiger partial charge in [0.2, 0.25) is 5.91 Å². The third kappa shape index (κ3) is 2.32. The molecule has 28 heavy (non-hydrogen) atoms. The Morgan fingerprint density at radius 1 is 1.21 bits per heavy atom. The molecule has 0 radical (unpaired) electrons. The van der Waals surface area contributed by atoms with Gasteiger partial charge in [-0.15, -0.1) is 0 Å². The standard InChI is InChI=1S/C21H28N2O5/c1-11-9-21-14-7-18(27-3)17(26-2)6-12(14)5-16(20(25)28-4)23(21)19(24)8-15(21)13(11)10-22/h6-7,11,13,15-16H,5,8-10,22H2,1-4H3/t11-,13+,15-,16-,21-/m0/s1. The summed E-state index contributed by atoms with van der Waals surface area (Å²) < 4.78 is 16.1. The monoisotopic (exact) mass is 388 g/mol. The second-order valence-corrected chi connectivity index (χ2v) is 8.19. The summed E-state index contributed by atoms with van der Waals surface area (Å²) in [6.07, 6.45) is 1.60.